The van der Waals surface area contributed by atoms with E-state index in [4.69, 9.17) is 9.15 Å². The van der Waals surface area contributed by atoms with Crippen LogP contribution in [0.4, 0.5) is 5.69 Å². The molecule has 0 bridgehead atoms. The lowest BCUT2D eigenvalue weighted by Crippen LogP contribution is -2.16. The lowest BCUT2D eigenvalue weighted by atomic mass is 10.0. The zero-order chi connectivity index (χ0) is 21.1. The summed E-state index contributed by atoms with van der Waals surface area (Å²) in [5.74, 6) is 1.22. The number of hydrogen-bond donors (Lipinski definition) is 2. The number of nitrogens with one attached hydrogen (secondary N) is 2. The predicted molar refractivity (Wildman–Crippen MR) is 115 cm³/mol. The Morgan fingerprint density at radius 2 is 2.00 bits per heavy atom. The zero-order valence-electron chi connectivity index (χ0n) is 16.7. The van der Waals surface area contributed by atoms with Gasteiger partial charge in [0.2, 0.25) is 5.91 Å². The number of imidazole rings is 1. The van der Waals surface area contributed by atoms with Gasteiger partial charge in [-0.05, 0) is 55.3 Å². The Morgan fingerprint density at radius 1 is 1.20 bits per heavy atom. The molecule has 2 aromatic heterocycles. The van der Waals surface area contributed by atoms with Crippen LogP contribution < -0.4 is 15.7 Å². The Labute approximate surface area is 172 Å². The Balaban J connectivity index is 1.44. The Bertz CT molecular complexity index is 1240. The van der Waals surface area contributed by atoms with Crippen LogP contribution >= 0.6 is 0 Å². The van der Waals surface area contributed by atoms with Gasteiger partial charge in [0, 0.05) is 47.1 Å². The number of rotatable bonds is 6. The van der Waals surface area contributed by atoms with E-state index >= 15 is 0 Å². The highest BCUT2D eigenvalue weighted by Crippen LogP contribution is 2.24. The van der Waals surface area contributed by atoms with Crippen molar-refractivity contribution in [1.29, 1.82) is 0 Å². The second-order valence-electron chi connectivity index (χ2n) is 6.92. The molecule has 0 atom stereocenters. The van der Waals surface area contributed by atoms with Crippen molar-refractivity contribution in [1.82, 2.24) is 9.97 Å². The van der Waals surface area contributed by atoms with Crippen molar-refractivity contribution in [2.75, 3.05) is 12.4 Å². The highest BCUT2D eigenvalue weighted by atomic mass is 16.5. The molecule has 4 rings (SSSR count). The van der Waals surface area contributed by atoms with Gasteiger partial charge in [-0.2, -0.15) is 0 Å². The minimum Gasteiger partial charge on any atom is -0.497 e. The molecule has 0 aliphatic carbocycles. The molecular weight excluding hydrogens is 382 g/mol. The summed E-state index contributed by atoms with van der Waals surface area (Å²) >= 11 is 0. The molecule has 4 aromatic rings. The van der Waals surface area contributed by atoms with Crippen LogP contribution in [0, 0.1) is 6.92 Å². The van der Waals surface area contributed by atoms with E-state index in [9.17, 15) is 9.59 Å². The van der Waals surface area contributed by atoms with Crippen molar-refractivity contribution in [2.24, 2.45) is 0 Å². The van der Waals surface area contributed by atoms with Crippen LogP contribution in [0.5, 0.6) is 5.75 Å². The first-order chi connectivity index (χ1) is 14.5. The maximum Gasteiger partial charge on any atom is 0.339 e. The number of benzene rings is 2. The van der Waals surface area contributed by atoms with Crippen LogP contribution in [0.25, 0.3) is 22.4 Å². The van der Waals surface area contributed by atoms with Crippen LogP contribution in [0.15, 0.2) is 64.1 Å². The van der Waals surface area contributed by atoms with Crippen LogP contribution in [0.3, 0.4) is 0 Å². The second kappa shape index (κ2) is 8.24. The highest BCUT2D eigenvalue weighted by Gasteiger charge is 2.14. The summed E-state index contributed by atoms with van der Waals surface area (Å²) in [5, 5.41) is 3.69. The van der Waals surface area contributed by atoms with Gasteiger partial charge in [0.05, 0.1) is 7.11 Å². The molecule has 0 spiro atoms. The number of hydrogen-bond acceptors (Lipinski definition) is 5. The number of ether oxygens (including phenoxy) is 1. The normalized spacial score (nSPS) is 10.9. The standard InChI is InChI=1S/C23H21N3O4/c1-14-18-8-7-17(29-2)13-20(18)30-23(28)19(14)9-10-21(27)26-16-5-3-15(4-6-16)22-24-11-12-25-22/h3-8,11-13H,9-10H2,1-2H3,(H,24,25)(H,26,27). The molecule has 2 heterocycles. The van der Waals surface area contributed by atoms with Crippen molar-refractivity contribution in [3.8, 4) is 17.1 Å². The molecule has 2 aromatic carbocycles. The number of aromatic amines is 1. The molecule has 152 valence electrons. The number of nitrogens with zero attached hydrogens (tertiary/aromatic N) is 1. The summed E-state index contributed by atoms with van der Waals surface area (Å²) in [4.78, 5) is 32.1. The molecule has 0 unspecified atom stereocenters. The fourth-order valence-corrected chi connectivity index (χ4v) is 3.39. The lowest BCUT2D eigenvalue weighted by molar-refractivity contribution is -0.116. The van der Waals surface area contributed by atoms with Crippen LogP contribution in [-0.4, -0.2) is 23.0 Å². The molecule has 30 heavy (non-hydrogen) atoms. The molecule has 0 saturated heterocycles. The summed E-state index contributed by atoms with van der Waals surface area (Å²) < 4.78 is 10.6. The molecule has 0 aliphatic heterocycles. The van der Waals surface area contributed by atoms with Gasteiger partial charge in [0.15, 0.2) is 0 Å². The fraction of sp³-hybridized carbons (Fsp3) is 0.174. The van der Waals surface area contributed by atoms with Crippen molar-refractivity contribution >= 4 is 22.6 Å². The third-order valence-corrected chi connectivity index (χ3v) is 5.04. The number of carbonyl (C=O) groups is 1. The van der Waals surface area contributed by atoms with Crippen molar-refractivity contribution in [2.45, 2.75) is 19.8 Å². The first-order valence-electron chi connectivity index (χ1n) is 9.55. The Morgan fingerprint density at radius 3 is 2.70 bits per heavy atom. The van der Waals surface area contributed by atoms with Crippen molar-refractivity contribution in [3.63, 3.8) is 0 Å². The van der Waals surface area contributed by atoms with Gasteiger partial charge in [-0.25, -0.2) is 9.78 Å². The number of anilines is 1. The van der Waals surface area contributed by atoms with E-state index < -0.39 is 5.63 Å². The number of fused-ring (bicyclic) bond motifs is 1. The minimum atomic E-state index is -0.427. The molecular formula is C23H21N3O4. The third kappa shape index (κ3) is 3.96. The lowest BCUT2D eigenvalue weighted by Gasteiger charge is -2.09. The van der Waals surface area contributed by atoms with Gasteiger partial charge in [-0.3, -0.25) is 4.79 Å². The van der Waals surface area contributed by atoms with Crippen molar-refractivity contribution < 1.29 is 13.9 Å². The molecule has 2 N–H and O–H groups in total. The van der Waals surface area contributed by atoms with E-state index in [1.54, 1.807) is 25.6 Å². The van der Waals surface area contributed by atoms with E-state index in [-0.39, 0.29) is 12.3 Å². The monoisotopic (exact) mass is 403 g/mol. The average molecular weight is 403 g/mol. The number of methoxy groups -OCH3 is 1. The van der Waals surface area contributed by atoms with Gasteiger partial charge >= 0.3 is 5.63 Å². The maximum atomic E-state index is 12.4. The smallest absolute Gasteiger partial charge is 0.339 e. The Kier molecular flexibility index (Phi) is 5.34. The van der Waals surface area contributed by atoms with Gasteiger partial charge in [-0.15, -0.1) is 0 Å². The van der Waals surface area contributed by atoms with E-state index in [0.717, 1.165) is 22.3 Å². The molecule has 7 heteroatoms. The topological polar surface area (TPSA) is 97.2 Å². The quantitative estimate of drug-likeness (QED) is 0.473. The largest absolute Gasteiger partial charge is 0.497 e. The van der Waals surface area contributed by atoms with E-state index in [2.05, 4.69) is 15.3 Å². The maximum absolute atomic E-state index is 12.4. The van der Waals surface area contributed by atoms with E-state index in [1.807, 2.05) is 43.3 Å². The number of aromatic nitrogens is 2. The van der Waals surface area contributed by atoms with E-state index in [0.29, 0.717) is 29.0 Å². The van der Waals surface area contributed by atoms with Gasteiger partial charge in [-0.1, -0.05) is 0 Å². The summed E-state index contributed by atoms with van der Waals surface area (Å²) in [6.07, 6.45) is 3.92. The summed E-state index contributed by atoms with van der Waals surface area (Å²) in [6, 6.07) is 12.8. The second-order valence-corrected chi connectivity index (χ2v) is 6.92. The summed E-state index contributed by atoms with van der Waals surface area (Å²) in [7, 11) is 1.56. The Hall–Kier alpha value is -3.87. The SMILES string of the molecule is COc1ccc2c(C)c(CCC(=O)Nc3ccc(-c4ncc[nH]4)cc3)c(=O)oc2c1. The van der Waals surface area contributed by atoms with Gasteiger partial charge in [0.1, 0.15) is 17.2 Å². The molecule has 1 amide bonds. The first kappa shape index (κ1) is 19.4. The minimum absolute atomic E-state index is 0.172. The van der Waals surface area contributed by atoms with Crippen LogP contribution in [-0.2, 0) is 11.2 Å². The van der Waals surface area contributed by atoms with Crippen LogP contribution in [0.1, 0.15) is 17.5 Å². The van der Waals surface area contributed by atoms with Gasteiger partial charge in [0.25, 0.3) is 0 Å². The zero-order valence-corrected chi connectivity index (χ0v) is 16.7. The van der Waals surface area contributed by atoms with Crippen LogP contribution in [0.2, 0.25) is 0 Å². The fourth-order valence-electron chi connectivity index (χ4n) is 3.39. The number of amides is 1. The molecule has 0 saturated carbocycles. The molecule has 7 nitrogen and oxygen atoms in total. The summed E-state index contributed by atoms with van der Waals surface area (Å²) in [6.45, 7) is 1.87. The molecule has 0 fully saturated rings. The van der Waals surface area contributed by atoms with Crippen molar-refractivity contribution in [3.05, 3.63) is 76.4 Å². The summed E-state index contributed by atoms with van der Waals surface area (Å²) in [5.41, 5.74) is 2.99. The van der Waals surface area contributed by atoms with E-state index in [1.165, 1.54) is 0 Å². The third-order valence-electron chi connectivity index (χ3n) is 5.04. The average Bonchev–Trinajstić information content (AvgIpc) is 3.28. The van der Waals surface area contributed by atoms with Gasteiger partial charge < -0.3 is 19.5 Å². The number of aryl methyl sites for hydroxylation is 1. The highest BCUT2D eigenvalue weighted by molar-refractivity contribution is 5.91. The number of H-pyrrole nitrogens is 1. The number of carbonyl (C=O) groups excluding carboxylic acids is 1. The predicted octanol–water partition coefficient (Wildman–Crippen LogP) is 4.07. The molecule has 0 aliphatic rings. The first-order valence-corrected chi connectivity index (χ1v) is 9.55. The molecule has 0 radical (unpaired) electrons.